The van der Waals surface area contributed by atoms with Gasteiger partial charge in [-0.2, -0.15) is 0 Å². The number of carbonyl (C=O) groups excluding carboxylic acids is 2. The van der Waals surface area contributed by atoms with Gasteiger partial charge in [-0.05, 0) is 54.1 Å². The van der Waals surface area contributed by atoms with Crippen LogP contribution >= 0.6 is 0 Å². The van der Waals surface area contributed by atoms with Crippen LogP contribution in [0.5, 0.6) is 11.5 Å². The number of fused-ring (bicyclic) bond motifs is 1. The molecule has 0 unspecified atom stereocenters. The number of benzene rings is 3. The molecule has 3 rings (SSSR count). The number of hydrogen-bond acceptors (Lipinski definition) is 5. The third-order valence-electron chi connectivity index (χ3n) is 4.15. The van der Waals surface area contributed by atoms with Gasteiger partial charge in [0.25, 0.3) is 5.91 Å². The minimum Gasteiger partial charge on any atom is -0.494 e. The Balaban J connectivity index is 1.37. The molecule has 0 radical (unpaired) electrons. The largest absolute Gasteiger partial charge is 0.494 e. The Kier molecular flexibility index (Phi) is 7.05. The van der Waals surface area contributed by atoms with E-state index < -0.39 is 5.97 Å². The lowest BCUT2D eigenvalue weighted by Crippen LogP contribution is -2.32. The van der Waals surface area contributed by atoms with Crippen LogP contribution in [0.15, 0.2) is 66.7 Å². The summed E-state index contributed by atoms with van der Waals surface area (Å²) in [5, 5.41) is 4.63. The first-order valence-corrected chi connectivity index (χ1v) is 9.44. The van der Waals surface area contributed by atoms with E-state index in [1.165, 1.54) is 0 Å². The second-order valence-electron chi connectivity index (χ2n) is 6.24. The molecule has 6 nitrogen and oxygen atoms in total. The zero-order valence-electron chi connectivity index (χ0n) is 16.2. The molecule has 150 valence electrons. The van der Waals surface area contributed by atoms with E-state index in [0.717, 1.165) is 16.5 Å². The summed E-state index contributed by atoms with van der Waals surface area (Å²) in [5.74, 6) is 0.554. The maximum Gasteiger partial charge on any atom is 0.338 e. The molecule has 0 saturated heterocycles. The lowest BCUT2D eigenvalue weighted by molar-refractivity contribution is -0.124. The van der Waals surface area contributed by atoms with E-state index in [9.17, 15) is 9.59 Å². The van der Waals surface area contributed by atoms with Crippen molar-refractivity contribution in [1.82, 2.24) is 5.32 Å². The van der Waals surface area contributed by atoms with E-state index in [1.807, 2.05) is 49.4 Å². The van der Waals surface area contributed by atoms with Crippen LogP contribution < -0.4 is 14.8 Å². The molecule has 0 bridgehead atoms. The van der Waals surface area contributed by atoms with Crippen LogP contribution in [0.3, 0.4) is 0 Å². The van der Waals surface area contributed by atoms with Gasteiger partial charge in [-0.15, -0.1) is 0 Å². The summed E-state index contributed by atoms with van der Waals surface area (Å²) in [4.78, 5) is 24.0. The number of amides is 1. The van der Waals surface area contributed by atoms with Gasteiger partial charge in [0, 0.05) is 0 Å². The highest BCUT2D eigenvalue weighted by Crippen LogP contribution is 2.17. The number of hydrogen-bond donors (Lipinski definition) is 1. The molecule has 0 aliphatic carbocycles. The minimum atomic E-state index is -0.531. The predicted molar refractivity (Wildman–Crippen MR) is 110 cm³/mol. The van der Waals surface area contributed by atoms with E-state index >= 15 is 0 Å². The molecule has 6 heteroatoms. The average molecular weight is 393 g/mol. The van der Waals surface area contributed by atoms with Gasteiger partial charge in [0.1, 0.15) is 18.1 Å². The quantitative estimate of drug-likeness (QED) is 0.444. The van der Waals surface area contributed by atoms with Crippen molar-refractivity contribution in [3.05, 3.63) is 72.3 Å². The first kappa shape index (κ1) is 20.2. The topological polar surface area (TPSA) is 73.9 Å². The number of ether oxygens (including phenoxy) is 3. The SMILES string of the molecule is CCOc1ccc(OCCNC(=O)COC(=O)c2ccc3ccccc3c2)cc1. The Morgan fingerprint density at radius 2 is 1.55 bits per heavy atom. The molecule has 1 amide bonds. The normalized spacial score (nSPS) is 10.4. The van der Waals surface area contributed by atoms with Crippen LogP contribution in [0.25, 0.3) is 10.8 Å². The Bertz CT molecular complexity index is 968. The van der Waals surface area contributed by atoms with Gasteiger partial charge in [-0.25, -0.2) is 4.79 Å². The first-order valence-electron chi connectivity index (χ1n) is 9.44. The van der Waals surface area contributed by atoms with Crippen molar-refractivity contribution in [3.63, 3.8) is 0 Å². The maximum atomic E-state index is 12.1. The van der Waals surface area contributed by atoms with Crippen LogP contribution in [0.2, 0.25) is 0 Å². The van der Waals surface area contributed by atoms with E-state index in [-0.39, 0.29) is 12.5 Å². The molecule has 3 aromatic rings. The second kappa shape index (κ2) is 10.1. The fraction of sp³-hybridized carbons (Fsp3) is 0.217. The standard InChI is InChI=1S/C23H23NO5/c1-2-27-20-9-11-21(12-10-20)28-14-13-24-22(25)16-29-23(26)19-8-7-17-5-3-4-6-18(17)15-19/h3-12,15H,2,13-14,16H2,1H3,(H,24,25). The monoisotopic (exact) mass is 393 g/mol. The molecule has 0 fully saturated rings. The van der Waals surface area contributed by atoms with Gasteiger partial charge in [-0.3, -0.25) is 4.79 Å². The summed E-state index contributed by atoms with van der Waals surface area (Å²) in [6.45, 7) is 2.80. The third-order valence-corrected chi connectivity index (χ3v) is 4.15. The minimum absolute atomic E-state index is 0.304. The molecule has 29 heavy (non-hydrogen) atoms. The summed E-state index contributed by atoms with van der Waals surface area (Å²) >= 11 is 0. The predicted octanol–water partition coefficient (Wildman–Crippen LogP) is 3.59. The van der Waals surface area contributed by atoms with Gasteiger partial charge >= 0.3 is 5.97 Å². The lowest BCUT2D eigenvalue weighted by Gasteiger charge is -2.09. The number of esters is 1. The van der Waals surface area contributed by atoms with E-state index in [0.29, 0.717) is 31.1 Å². The molecular formula is C23H23NO5. The zero-order chi connectivity index (χ0) is 20.5. The lowest BCUT2D eigenvalue weighted by atomic mass is 10.1. The van der Waals surface area contributed by atoms with Crippen molar-refractivity contribution in [2.75, 3.05) is 26.4 Å². The second-order valence-corrected chi connectivity index (χ2v) is 6.24. The highest BCUT2D eigenvalue weighted by atomic mass is 16.5. The van der Waals surface area contributed by atoms with Gasteiger partial charge < -0.3 is 19.5 Å². The number of nitrogens with one attached hydrogen (secondary N) is 1. The Hall–Kier alpha value is -3.54. The fourth-order valence-electron chi connectivity index (χ4n) is 2.74. The van der Waals surface area contributed by atoms with Crippen molar-refractivity contribution in [1.29, 1.82) is 0 Å². The van der Waals surface area contributed by atoms with Crippen molar-refractivity contribution in [2.45, 2.75) is 6.92 Å². The summed E-state index contributed by atoms with van der Waals surface area (Å²) in [6, 6.07) is 20.3. The molecule has 3 aromatic carbocycles. The summed E-state index contributed by atoms with van der Waals surface area (Å²) < 4.78 is 16.0. The van der Waals surface area contributed by atoms with E-state index in [4.69, 9.17) is 14.2 Å². The first-order chi connectivity index (χ1) is 14.2. The summed E-state index contributed by atoms with van der Waals surface area (Å²) in [6.07, 6.45) is 0. The van der Waals surface area contributed by atoms with Crippen molar-refractivity contribution < 1.29 is 23.8 Å². The van der Waals surface area contributed by atoms with E-state index in [2.05, 4.69) is 5.32 Å². The molecule has 1 N–H and O–H groups in total. The maximum absolute atomic E-state index is 12.1. The van der Waals surface area contributed by atoms with Crippen LogP contribution in [0.4, 0.5) is 0 Å². The number of carbonyl (C=O) groups is 2. The third kappa shape index (κ3) is 5.97. The molecule has 0 aromatic heterocycles. The zero-order valence-corrected chi connectivity index (χ0v) is 16.2. The van der Waals surface area contributed by atoms with Crippen molar-refractivity contribution >= 4 is 22.6 Å². The van der Waals surface area contributed by atoms with Crippen molar-refractivity contribution in [2.24, 2.45) is 0 Å². The molecule has 0 heterocycles. The molecule has 0 aliphatic heterocycles. The average Bonchev–Trinajstić information content (AvgIpc) is 2.76. The molecular weight excluding hydrogens is 370 g/mol. The Labute approximate surface area is 169 Å². The van der Waals surface area contributed by atoms with Crippen LogP contribution in [-0.4, -0.2) is 38.2 Å². The molecule has 0 atom stereocenters. The van der Waals surface area contributed by atoms with Gasteiger partial charge in [0.15, 0.2) is 6.61 Å². The van der Waals surface area contributed by atoms with Crippen LogP contribution in [0.1, 0.15) is 17.3 Å². The van der Waals surface area contributed by atoms with Crippen molar-refractivity contribution in [3.8, 4) is 11.5 Å². The highest BCUT2D eigenvalue weighted by Gasteiger charge is 2.10. The Morgan fingerprint density at radius 3 is 2.28 bits per heavy atom. The van der Waals surface area contributed by atoms with Gasteiger partial charge in [-0.1, -0.05) is 30.3 Å². The summed E-state index contributed by atoms with van der Waals surface area (Å²) in [7, 11) is 0. The van der Waals surface area contributed by atoms with Gasteiger partial charge in [0.2, 0.25) is 0 Å². The number of rotatable bonds is 9. The Morgan fingerprint density at radius 1 is 0.862 bits per heavy atom. The molecule has 0 aliphatic rings. The van der Waals surface area contributed by atoms with Crippen LogP contribution in [-0.2, 0) is 9.53 Å². The van der Waals surface area contributed by atoms with E-state index in [1.54, 1.807) is 24.3 Å². The van der Waals surface area contributed by atoms with Gasteiger partial charge in [0.05, 0.1) is 18.7 Å². The molecule has 0 saturated carbocycles. The smallest absolute Gasteiger partial charge is 0.338 e. The molecule has 0 spiro atoms. The summed E-state index contributed by atoms with van der Waals surface area (Å²) in [5.41, 5.74) is 0.412. The highest BCUT2D eigenvalue weighted by molar-refractivity contribution is 5.96. The fourth-order valence-corrected chi connectivity index (χ4v) is 2.74. The van der Waals surface area contributed by atoms with Crippen LogP contribution in [0, 0.1) is 0 Å².